The van der Waals surface area contributed by atoms with E-state index in [9.17, 15) is 4.79 Å². The molecule has 0 heterocycles. The molecule has 0 atom stereocenters. The Morgan fingerprint density at radius 3 is 1.10 bits per heavy atom. The van der Waals surface area contributed by atoms with Gasteiger partial charge in [0.2, 0.25) is 5.91 Å². The van der Waals surface area contributed by atoms with Crippen molar-refractivity contribution < 1.29 is 4.79 Å². The number of hydrogen-bond acceptors (Lipinski definition) is 1. The first-order chi connectivity index (χ1) is 15.2. The van der Waals surface area contributed by atoms with Crippen LogP contribution >= 0.6 is 0 Å². The molecule has 0 aromatic carbocycles. The molecule has 186 valence electrons. The van der Waals surface area contributed by atoms with Gasteiger partial charge in [0, 0.05) is 20.0 Å². The van der Waals surface area contributed by atoms with E-state index < -0.39 is 0 Å². The summed E-state index contributed by atoms with van der Waals surface area (Å²) in [5.41, 5.74) is 0. The average molecular weight is 438 g/mol. The lowest BCUT2D eigenvalue weighted by Gasteiger charge is -2.17. The Morgan fingerprint density at radius 1 is 0.452 bits per heavy atom. The van der Waals surface area contributed by atoms with Crippen molar-refractivity contribution in [2.45, 2.75) is 168 Å². The maximum atomic E-state index is 12.3. The summed E-state index contributed by atoms with van der Waals surface area (Å²) in [5, 5.41) is 0. The Balaban J connectivity index is 3.30. The van der Waals surface area contributed by atoms with Crippen molar-refractivity contribution in [2.24, 2.45) is 0 Å². The van der Waals surface area contributed by atoms with Crippen molar-refractivity contribution in [3.63, 3.8) is 0 Å². The van der Waals surface area contributed by atoms with Gasteiger partial charge in [0.05, 0.1) is 0 Å². The van der Waals surface area contributed by atoms with Crippen LogP contribution in [0.3, 0.4) is 0 Å². The molecule has 0 rings (SSSR count). The zero-order chi connectivity index (χ0) is 22.8. The lowest BCUT2D eigenvalue weighted by Crippen LogP contribution is -2.27. The van der Waals surface area contributed by atoms with Gasteiger partial charge in [-0.2, -0.15) is 0 Å². The molecular formula is C29H59NO. The van der Waals surface area contributed by atoms with Gasteiger partial charge < -0.3 is 4.90 Å². The molecule has 0 radical (unpaired) electrons. The van der Waals surface area contributed by atoms with Gasteiger partial charge in [-0.25, -0.2) is 0 Å². The molecule has 0 aromatic rings. The summed E-state index contributed by atoms with van der Waals surface area (Å²) in [6, 6.07) is 0. The fourth-order valence-electron chi connectivity index (χ4n) is 4.45. The maximum absolute atomic E-state index is 12.3. The molecule has 0 aromatic heterocycles. The number of carbonyl (C=O) groups excluding carboxylic acids is 1. The predicted octanol–water partition coefficient (Wildman–Crippen LogP) is 9.85. The molecule has 0 unspecified atom stereocenters. The summed E-state index contributed by atoms with van der Waals surface area (Å²) in [6.45, 7) is 5.52. The third-order valence-electron chi connectivity index (χ3n) is 6.77. The van der Waals surface area contributed by atoms with Crippen molar-refractivity contribution in [3.05, 3.63) is 0 Å². The highest BCUT2D eigenvalue weighted by atomic mass is 16.2. The second-order valence-electron chi connectivity index (χ2n) is 9.99. The molecule has 2 heteroatoms. The van der Waals surface area contributed by atoms with Gasteiger partial charge in [-0.3, -0.25) is 4.79 Å². The highest BCUT2D eigenvalue weighted by Crippen LogP contribution is 2.14. The van der Waals surface area contributed by atoms with E-state index in [-0.39, 0.29) is 0 Å². The van der Waals surface area contributed by atoms with Crippen LogP contribution in [0.25, 0.3) is 0 Å². The molecule has 0 N–H and O–H groups in total. The molecule has 0 saturated heterocycles. The SMILES string of the molecule is CCCCCCCCCCCCCCN(C)C(=O)CCCCCCCCCCCCC. The van der Waals surface area contributed by atoms with Gasteiger partial charge in [0.1, 0.15) is 0 Å². The first-order valence-electron chi connectivity index (χ1n) is 14.5. The molecule has 0 spiro atoms. The average Bonchev–Trinajstić information content (AvgIpc) is 2.77. The van der Waals surface area contributed by atoms with Crippen molar-refractivity contribution in [2.75, 3.05) is 13.6 Å². The number of nitrogens with zero attached hydrogens (tertiary/aromatic N) is 1. The molecule has 0 aliphatic heterocycles. The molecule has 0 aliphatic rings. The smallest absolute Gasteiger partial charge is 0.222 e. The minimum absolute atomic E-state index is 0.360. The van der Waals surface area contributed by atoms with Crippen molar-refractivity contribution in [3.8, 4) is 0 Å². The number of amides is 1. The van der Waals surface area contributed by atoms with Crippen LogP contribution in [0, 0.1) is 0 Å². The van der Waals surface area contributed by atoms with Gasteiger partial charge in [-0.1, -0.05) is 149 Å². The van der Waals surface area contributed by atoms with Crippen LogP contribution in [-0.2, 0) is 4.79 Å². The second kappa shape index (κ2) is 25.7. The highest BCUT2D eigenvalue weighted by molar-refractivity contribution is 5.75. The minimum atomic E-state index is 0.360. The molecule has 1 amide bonds. The number of carbonyl (C=O) groups is 1. The molecule has 0 aliphatic carbocycles. The largest absolute Gasteiger partial charge is 0.346 e. The Kier molecular flexibility index (Phi) is 25.3. The fraction of sp³-hybridized carbons (Fsp3) is 0.966. The molecular weight excluding hydrogens is 378 g/mol. The van der Waals surface area contributed by atoms with Crippen LogP contribution in [0.4, 0.5) is 0 Å². The topological polar surface area (TPSA) is 20.3 Å². The Bertz CT molecular complexity index is 355. The zero-order valence-electron chi connectivity index (χ0n) is 22.0. The summed E-state index contributed by atoms with van der Waals surface area (Å²) >= 11 is 0. The predicted molar refractivity (Wildman–Crippen MR) is 140 cm³/mol. The van der Waals surface area contributed by atoms with Gasteiger partial charge in [-0.15, -0.1) is 0 Å². The third kappa shape index (κ3) is 24.0. The number of hydrogen-bond donors (Lipinski definition) is 0. The number of unbranched alkanes of at least 4 members (excludes halogenated alkanes) is 21. The van der Waals surface area contributed by atoms with Gasteiger partial charge >= 0.3 is 0 Å². The van der Waals surface area contributed by atoms with E-state index in [2.05, 4.69) is 13.8 Å². The van der Waals surface area contributed by atoms with Gasteiger partial charge in [0.15, 0.2) is 0 Å². The quantitative estimate of drug-likeness (QED) is 0.130. The van der Waals surface area contributed by atoms with E-state index in [1.807, 2.05) is 11.9 Å². The second-order valence-corrected chi connectivity index (χ2v) is 9.99. The highest BCUT2D eigenvalue weighted by Gasteiger charge is 2.07. The molecule has 2 nitrogen and oxygen atoms in total. The summed E-state index contributed by atoms with van der Waals surface area (Å²) in [4.78, 5) is 14.2. The van der Waals surface area contributed by atoms with Crippen LogP contribution in [-0.4, -0.2) is 24.4 Å². The minimum Gasteiger partial charge on any atom is -0.346 e. The first-order valence-corrected chi connectivity index (χ1v) is 14.5. The van der Waals surface area contributed by atoms with E-state index in [0.717, 1.165) is 19.4 Å². The van der Waals surface area contributed by atoms with Crippen LogP contribution in [0.1, 0.15) is 168 Å². The van der Waals surface area contributed by atoms with Crippen molar-refractivity contribution in [1.82, 2.24) is 4.90 Å². The van der Waals surface area contributed by atoms with Gasteiger partial charge in [-0.05, 0) is 12.8 Å². The normalized spacial score (nSPS) is 11.2. The zero-order valence-corrected chi connectivity index (χ0v) is 22.0. The lowest BCUT2D eigenvalue weighted by atomic mass is 10.0. The van der Waals surface area contributed by atoms with E-state index in [1.54, 1.807) is 0 Å². The summed E-state index contributed by atoms with van der Waals surface area (Å²) in [5.74, 6) is 0.360. The molecule has 0 fully saturated rings. The summed E-state index contributed by atoms with van der Waals surface area (Å²) in [6.07, 6.45) is 32.0. The van der Waals surface area contributed by atoms with Crippen LogP contribution in [0.15, 0.2) is 0 Å². The van der Waals surface area contributed by atoms with E-state index in [4.69, 9.17) is 0 Å². The first kappa shape index (κ1) is 30.5. The lowest BCUT2D eigenvalue weighted by molar-refractivity contribution is -0.130. The maximum Gasteiger partial charge on any atom is 0.222 e. The van der Waals surface area contributed by atoms with Gasteiger partial charge in [0.25, 0.3) is 0 Å². The van der Waals surface area contributed by atoms with Crippen LogP contribution in [0.2, 0.25) is 0 Å². The van der Waals surface area contributed by atoms with Crippen molar-refractivity contribution in [1.29, 1.82) is 0 Å². The van der Waals surface area contributed by atoms with E-state index in [0.29, 0.717) is 5.91 Å². The Hall–Kier alpha value is -0.530. The standard InChI is InChI=1S/C29H59NO/c1-4-6-8-10-12-14-16-18-20-22-24-26-28-30(3)29(31)27-25-23-21-19-17-15-13-11-9-7-5-2/h4-28H2,1-3H3. The monoisotopic (exact) mass is 437 g/mol. The summed E-state index contributed by atoms with van der Waals surface area (Å²) in [7, 11) is 2.00. The van der Waals surface area contributed by atoms with Crippen LogP contribution in [0.5, 0.6) is 0 Å². The third-order valence-corrected chi connectivity index (χ3v) is 6.77. The van der Waals surface area contributed by atoms with E-state index >= 15 is 0 Å². The molecule has 0 bridgehead atoms. The fourth-order valence-corrected chi connectivity index (χ4v) is 4.45. The van der Waals surface area contributed by atoms with Crippen LogP contribution < -0.4 is 0 Å². The summed E-state index contributed by atoms with van der Waals surface area (Å²) < 4.78 is 0. The number of rotatable bonds is 25. The molecule has 31 heavy (non-hydrogen) atoms. The Morgan fingerprint density at radius 2 is 0.742 bits per heavy atom. The van der Waals surface area contributed by atoms with E-state index in [1.165, 1.54) is 141 Å². The Labute approximate surface area is 197 Å². The molecule has 0 saturated carbocycles. The van der Waals surface area contributed by atoms with Crippen molar-refractivity contribution >= 4 is 5.91 Å².